The molecule has 0 bridgehead atoms. The summed E-state index contributed by atoms with van der Waals surface area (Å²) in [5, 5.41) is -1.98. The smallest absolute Gasteiger partial charge is 0.327 e. The average molecular weight is 505 g/mol. The van der Waals surface area contributed by atoms with Gasteiger partial charge < -0.3 is 9.47 Å². The number of rotatable bonds is 24. The van der Waals surface area contributed by atoms with E-state index in [4.69, 9.17) is 9.29 Å². The highest BCUT2D eigenvalue weighted by Gasteiger charge is 2.35. The lowest BCUT2D eigenvalue weighted by atomic mass is 10.0. The number of carbonyl (C=O) groups excluding carboxylic acids is 2. The second-order valence-electron chi connectivity index (χ2n) is 9.00. The minimum atomic E-state index is -4.76. The maximum Gasteiger partial charge on any atom is 0.327 e. The standard InChI is InChI=1S/C26H48O7S/c1-3-5-6-7-8-9-10-11-12-13-14-15-16-17-18-19-20-22-32-25(27)23-24(34(29,30)31)26(28)33-21-4-2/h4,24H,2-3,5-23H2,1H3,(H,29,30,31). The van der Waals surface area contributed by atoms with Gasteiger partial charge in [0, 0.05) is 0 Å². The van der Waals surface area contributed by atoms with Gasteiger partial charge in [0.1, 0.15) is 6.61 Å². The molecule has 7 nitrogen and oxygen atoms in total. The quantitative estimate of drug-likeness (QED) is 0.0686. The van der Waals surface area contributed by atoms with Gasteiger partial charge in [-0.05, 0) is 6.42 Å². The summed E-state index contributed by atoms with van der Waals surface area (Å²) in [5.41, 5.74) is 0. The molecule has 1 atom stereocenters. The van der Waals surface area contributed by atoms with Crippen LogP contribution in [0, 0.1) is 0 Å². The molecule has 0 aliphatic rings. The third-order valence-electron chi connectivity index (χ3n) is 5.83. The summed E-state index contributed by atoms with van der Waals surface area (Å²) in [6.07, 6.45) is 21.8. The highest BCUT2D eigenvalue weighted by Crippen LogP contribution is 2.14. The van der Waals surface area contributed by atoms with Gasteiger partial charge in [-0.3, -0.25) is 14.1 Å². The van der Waals surface area contributed by atoms with Gasteiger partial charge in [-0.25, -0.2) is 0 Å². The average Bonchev–Trinajstić information content (AvgIpc) is 2.79. The van der Waals surface area contributed by atoms with Crippen LogP contribution in [0.3, 0.4) is 0 Å². The van der Waals surface area contributed by atoms with Crippen LogP contribution in [-0.4, -0.2) is 43.4 Å². The summed E-state index contributed by atoms with van der Waals surface area (Å²) in [4.78, 5) is 23.5. The molecule has 0 spiro atoms. The summed E-state index contributed by atoms with van der Waals surface area (Å²) in [7, 11) is -4.76. The van der Waals surface area contributed by atoms with Gasteiger partial charge in [0.05, 0.1) is 13.0 Å². The van der Waals surface area contributed by atoms with Crippen molar-refractivity contribution in [1.29, 1.82) is 0 Å². The fourth-order valence-electron chi connectivity index (χ4n) is 3.77. The molecule has 0 radical (unpaired) electrons. The molecule has 0 saturated carbocycles. The van der Waals surface area contributed by atoms with Gasteiger partial charge in [0.2, 0.25) is 0 Å². The third kappa shape index (κ3) is 20.0. The first-order valence-electron chi connectivity index (χ1n) is 13.2. The van der Waals surface area contributed by atoms with Crippen molar-refractivity contribution in [3.05, 3.63) is 12.7 Å². The molecule has 0 aromatic rings. The first kappa shape index (κ1) is 32.6. The van der Waals surface area contributed by atoms with E-state index in [1.54, 1.807) is 0 Å². The van der Waals surface area contributed by atoms with E-state index in [0.717, 1.165) is 19.3 Å². The largest absolute Gasteiger partial charge is 0.466 e. The normalized spacial score (nSPS) is 12.3. The van der Waals surface area contributed by atoms with Crippen LogP contribution < -0.4 is 0 Å². The lowest BCUT2D eigenvalue weighted by Crippen LogP contribution is -2.34. The number of hydrogen-bond donors (Lipinski definition) is 1. The van der Waals surface area contributed by atoms with Crippen LogP contribution >= 0.6 is 0 Å². The van der Waals surface area contributed by atoms with Gasteiger partial charge in [-0.2, -0.15) is 8.42 Å². The lowest BCUT2D eigenvalue weighted by molar-refractivity contribution is -0.149. The number of carbonyl (C=O) groups is 2. The molecule has 0 fully saturated rings. The molecule has 200 valence electrons. The Morgan fingerprint density at radius 3 is 1.56 bits per heavy atom. The van der Waals surface area contributed by atoms with Crippen molar-refractivity contribution in [3.8, 4) is 0 Å². The molecule has 0 aliphatic heterocycles. The molecular formula is C26H48O7S. The second-order valence-corrected chi connectivity index (χ2v) is 10.6. The van der Waals surface area contributed by atoms with E-state index in [1.807, 2.05) is 0 Å². The maximum absolute atomic E-state index is 11.8. The maximum atomic E-state index is 11.8. The molecule has 0 aromatic heterocycles. The fourth-order valence-corrected chi connectivity index (χ4v) is 4.43. The molecule has 0 heterocycles. The molecule has 0 amide bonds. The van der Waals surface area contributed by atoms with Crippen molar-refractivity contribution in [1.82, 2.24) is 0 Å². The van der Waals surface area contributed by atoms with Gasteiger partial charge in [0.15, 0.2) is 5.25 Å². The van der Waals surface area contributed by atoms with Crippen LogP contribution in [0.5, 0.6) is 0 Å². The van der Waals surface area contributed by atoms with Crippen LogP contribution in [0.2, 0.25) is 0 Å². The molecule has 8 heteroatoms. The van der Waals surface area contributed by atoms with Gasteiger partial charge in [-0.1, -0.05) is 122 Å². The van der Waals surface area contributed by atoms with Crippen molar-refractivity contribution in [2.75, 3.05) is 13.2 Å². The summed E-state index contributed by atoms with van der Waals surface area (Å²) >= 11 is 0. The van der Waals surface area contributed by atoms with Crippen LogP contribution in [0.25, 0.3) is 0 Å². The molecule has 34 heavy (non-hydrogen) atoms. The van der Waals surface area contributed by atoms with Crippen molar-refractivity contribution in [2.45, 2.75) is 128 Å². The van der Waals surface area contributed by atoms with E-state index in [-0.39, 0.29) is 13.2 Å². The SMILES string of the molecule is C=CCOC(=O)C(CC(=O)OCCCCCCCCCCCCCCCCCCC)S(=O)(=O)O. The van der Waals surface area contributed by atoms with Crippen LogP contribution in [0.4, 0.5) is 0 Å². The van der Waals surface area contributed by atoms with E-state index in [1.165, 1.54) is 89.5 Å². The molecule has 0 rings (SSSR count). The number of ether oxygens (including phenoxy) is 2. The summed E-state index contributed by atoms with van der Waals surface area (Å²) in [6, 6.07) is 0. The van der Waals surface area contributed by atoms with Gasteiger partial charge >= 0.3 is 11.9 Å². The molecule has 1 unspecified atom stereocenters. The Morgan fingerprint density at radius 1 is 0.765 bits per heavy atom. The summed E-state index contributed by atoms with van der Waals surface area (Å²) in [5.74, 6) is -2.05. The zero-order valence-corrected chi connectivity index (χ0v) is 22.1. The van der Waals surface area contributed by atoms with Gasteiger partial charge in [0.25, 0.3) is 10.1 Å². The fraction of sp³-hybridized carbons (Fsp3) is 0.846. The van der Waals surface area contributed by atoms with Crippen LogP contribution in [0.15, 0.2) is 12.7 Å². The Hall–Kier alpha value is -1.41. The highest BCUT2D eigenvalue weighted by atomic mass is 32.2. The van der Waals surface area contributed by atoms with Crippen molar-refractivity contribution in [3.63, 3.8) is 0 Å². The Bertz CT molecular complexity index is 631. The second kappa shape index (κ2) is 22.1. The number of esters is 2. The molecule has 1 N–H and O–H groups in total. The molecular weight excluding hydrogens is 456 g/mol. The minimum absolute atomic E-state index is 0.164. The van der Waals surface area contributed by atoms with E-state index in [0.29, 0.717) is 6.42 Å². The Labute approximate surface area is 207 Å². The zero-order valence-electron chi connectivity index (χ0n) is 21.3. The predicted molar refractivity (Wildman–Crippen MR) is 136 cm³/mol. The van der Waals surface area contributed by atoms with Crippen molar-refractivity contribution >= 4 is 22.1 Å². The summed E-state index contributed by atoms with van der Waals surface area (Å²) in [6.45, 7) is 5.55. The van der Waals surface area contributed by atoms with Crippen molar-refractivity contribution < 1.29 is 32.0 Å². The highest BCUT2D eigenvalue weighted by molar-refractivity contribution is 7.87. The Morgan fingerprint density at radius 2 is 1.18 bits per heavy atom. The van der Waals surface area contributed by atoms with Crippen LogP contribution in [0.1, 0.15) is 122 Å². The Balaban J connectivity index is 3.59. The zero-order chi connectivity index (χ0) is 25.5. The van der Waals surface area contributed by atoms with E-state index >= 15 is 0 Å². The lowest BCUT2D eigenvalue weighted by Gasteiger charge is -2.12. The molecule has 0 aliphatic carbocycles. The predicted octanol–water partition coefficient (Wildman–Crippen LogP) is 6.56. The number of unbranched alkanes of at least 4 members (excludes halogenated alkanes) is 16. The van der Waals surface area contributed by atoms with Gasteiger partial charge in [-0.15, -0.1) is 0 Å². The monoisotopic (exact) mass is 504 g/mol. The van der Waals surface area contributed by atoms with Crippen molar-refractivity contribution in [2.24, 2.45) is 0 Å². The molecule has 0 aromatic carbocycles. The number of hydrogen-bond acceptors (Lipinski definition) is 6. The van der Waals surface area contributed by atoms with E-state index in [2.05, 4.69) is 18.2 Å². The Kier molecular flexibility index (Phi) is 21.2. The third-order valence-corrected chi connectivity index (χ3v) is 6.91. The summed E-state index contributed by atoms with van der Waals surface area (Å²) < 4.78 is 41.5. The first-order valence-corrected chi connectivity index (χ1v) is 14.7. The van der Waals surface area contributed by atoms with E-state index in [9.17, 15) is 18.0 Å². The topological polar surface area (TPSA) is 107 Å². The minimum Gasteiger partial charge on any atom is -0.466 e. The van der Waals surface area contributed by atoms with E-state index < -0.39 is 33.7 Å². The van der Waals surface area contributed by atoms with Crippen LogP contribution in [-0.2, 0) is 29.2 Å². The molecule has 0 saturated heterocycles. The first-order chi connectivity index (χ1) is 16.3.